The molecule has 0 saturated heterocycles. The molecule has 0 radical (unpaired) electrons. The molecule has 2 aromatic carbocycles. The van der Waals surface area contributed by atoms with Crippen molar-refractivity contribution in [1.29, 1.82) is 0 Å². The van der Waals surface area contributed by atoms with Crippen molar-refractivity contribution in [3.05, 3.63) is 71.0 Å². The lowest BCUT2D eigenvalue weighted by Gasteiger charge is -2.26. The Morgan fingerprint density at radius 2 is 2.05 bits per heavy atom. The Labute approximate surface area is 112 Å². The van der Waals surface area contributed by atoms with Crippen LogP contribution in [0.25, 0.3) is 0 Å². The standard InChI is InChI=1S/C16H16FNO/c17-14-6-3-4-12(8-14)9-18-16-11-19-10-13-5-1-2-7-15(13)16/h1-8,16,18H,9-11H2. The summed E-state index contributed by atoms with van der Waals surface area (Å²) in [6.45, 7) is 1.97. The molecule has 3 heteroatoms. The van der Waals surface area contributed by atoms with Gasteiger partial charge in [0.25, 0.3) is 0 Å². The Balaban J connectivity index is 1.71. The lowest BCUT2D eigenvalue weighted by atomic mass is 9.99. The molecule has 2 nitrogen and oxygen atoms in total. The third-order valence-electron chi connectivity index (χ3n) is 3.41. The summed E-state index contributed by atoms with van der Waals surface area (Å²) in [6.07, 6.45) is 0. The average Bonchev–Trinajstić information content (AvgIpc) is 2.45. The van der Waals surface area contributed by atoms with Gasteiger partial charge in [0.2, 0.25) is 0 Å². The van der Waals surface area contributed by atoms with Crippen LogP contribution in [0.3, 0.4) is 0 Å². The number of ether oxygens (including phenoxy) is 1. The number of halogens is 1. The summed E-state index contributed by atoms with van der Waals surface area (Å²) in [5, 5.41) is 3.43. The van der Waals surface area contributed by atoms with Crippen LogP contribution in [-0.2, 0) is 17.9 Å². The second-order valence-corrected chi connectivity index (χ2v) is 4.78. The highest BCUT2D eigenvalue weighted by atomic mass is 19.1. The van der Waals surface area contributed by atoms with Gasteiger partial charge in [-0.25, -0.2) is 4.39 Å². The van der Waals surface area contributed by atoms with E-state index in [4.69, 9.17) is 4.74 Å². The van der Waals surface area contributed by atoms with Crippen LogP contribution in [0.4, 0.5) is 4.39 Å². The van der Waals surface area contributed by atoms with E-state index >= 15 is 0 Å². The van der Waals surface area contributed by atoms with Crippen LogP contribution in [0.2, 0.25) is 0 Å². The van der Waals surface area contributed by atoms with E-state index in [0.29, 0.717) is 19.8 Å². The Morgan fingerprint density at radius 3 is 2.95 bits per heavy atom. The second-order valence-electron chi connectivity index (χ2n) is 4.78. The average molecular weight is 257 g/mol. The van der Waals surface area contributed by atoms with Crippen LogP contribution in [0.15, 0.2) is 48.5 Å². The van der Waals surface area contributed by atoms with Crippen molar-refractivity contribution in [2.45, 2.75) is 19.2 Å². The van der Waals surface area contributed by atoms with E-state index in [-0.39, 0.29) is 11.9 Å². The maximum atomic E-state index is 13.1. The molecule has 0 aliphatic carbocycles. The highest BCUT2D eigenvalue weighted by molar-refractivity contribution is 5.31. The lowest BCUT2D eigenvalue weighted by Crippen LogP contribution is -2.29. The Kier molecular flexibility index (Phi) is 3.58. The number of nitrogens with one attached hydrogen (secondary N) is 1. The molecular formula is C16H16FNO. The zero-order valence-electron chi connectivity index (χ0n) is 10.6. The molecule has 1 aliphatic heterocycles. The summed E-state index contributed by atoms with van der Waals surface area (Å²) >= 11 is 0. The van der Waals surface area contributed by atoms with Gasteiger partial charge in [0, 0.05) is 6.54 Å². The van der Waals surface area contributed by atoms with Crippen LogP contribution in [-0.4, -0.2) is 6.61 Å². The van der Waals surface area contributed by atoms with Crippen LogP contribution in [0, 0.1) is 5.82 Å². The van der Waals surface area contributed by atoms with Gasteiger partial charge in [-0.2, -0.15) is 0 Å². The zero-order valence-corrected chi connectivity index (χ0v) is 10.6. The van der Waals surface area contributed by atoms with E-state index in [1.54, 1.807) is 12.1 Å². The van der Waals surface area contributed by atoms with Crippen molar-refractivity contribution in [3.8, 4) is 0 Å². The fourth-order valence-electron chi connectivity index (χ4n) is 2.44. The minimum Gasteiger partial charge on any atom is -0.375 e. The molecule has 0 fully saturated rings. The largest absolute Gasteiger partial charge is 0.375 e. The molecular weight excluding hydrogens is 241 g/mol. The van der Waals surface area contributed by atoms with Gasteiger partial charge in [-0.15, -0.1) is 0 Å². The van der Waals surface area contributed by atoms with Gasteiger partial charge in [-0.1, -0.05) is 36.4 Å². The molecule has 3 rings (SSSR count). The van der Waals surface area contributed by atoms with Gasteiger partial charge in [-0.3, -0.25) is 0 Å². The molecule has 0 amide bonds. The smallest absolute Gasteiger partial charge is 0.123 e. The second kappa shape index (κ2) is 5.51. The van der Waals surface area contributed by atoms with Crippen molar-refractivity contribution >= 4 is 0 Å². The number of fused-ring (bicyclic) bond motifs is 1. The quantitative estimate of drug-likeness (QED) is 0.911. The predicted molar refractivity (Wildman–Crippen MR) is 72.1 cm³/mol. The molecule has 0 saturated carbocycles. The maximum absolute atomic E-state index is 13.1. The fraction of sp³-hybridized carbons (Fsp3) is 0.250. The van der Waals surface area contributed by atoms with Crippen molar-refractivity contribution < 1.29 is 9.13 Å². The van der Waals surface area contributed by atoms with Crippen molar-refractivity contribution in [1.82, 2.24) is 5.32 Å². The highest BCUT2D eigenvalue weighted by Gasteiger charge is 2.19. The minimum atomic E-state index is -0.195. The van der Waals surface area contributed by atoms with Crippen LogP contribution in [0.1, 0.15) is 22.7 Å². The van der Waals surface area contributed by atoms with Gasteiger partial charge in [0.05, 0.1) is 19.3 Å². The topological polar surface area (TPSA) is 21.3 Å². The van der Waals surface area contributed by atoms with Gasteiger partial charge >= 0.3 is 0 Å². The monoisotopic (exact) mass is 257 g/mol. The molecule has 98 valence electrons. The van der Waals surface area contributed by atoms with E-state index in [9.17, 15) is 4.39 Å². The number of benzene rings is 2. The normalized spacial score (nSPS) is 18.1. The van der Waals surface area contributed by atoms with Gasteiger partial charge in [0.1, 0.15) is 5.82 Å². The van der Waals surface area contributed by atoms with Crippen molar-refractivity contribution in [2.75, 3.05) is 6.61 Å². The molecule has 2 aromatic rings. The summed E-state index contributed by atoms with van der Waals surface area (Å²) in [4.78, 5) is 0. The highest BCUT2D eigenvalue weighted by Crippen LogP contribution is 2.24. The fourth-order valence-corrected chi connectivity index (χ4v) is 2.44. The van der Waals surface area contributed by atoms with Crippen LogP contribution in [0.5, 0.6) is 0 Å². The summed E-state index contributed by atoms with van der Waals surface area (Å²) in [6, 6.07) is 15.1. The maximum Gasteiger partial charge on any atom is 0.123 e. The molecule has 1 unspecified atom stereocenters. The summed E-state index contributed by atoms with van der Waals surface area (Å²) in [5.74, 6) is -0.195. The van der Waals surface area contributed by atoms with Crippen molar-refractivity contribution in [2.24, 2.45) is 0 Å². The Morgan fingerprint density at radius 1 is 1.16 bits per heavy atom. The summed E-state index contributed by atoms with van der Waals surface area (Å²) in [7, 11) is 0. The number of hydrogen-bond donors (Lipinski definition) is 1. The Hall–Kier alpha value is -1.71. The summed E-state index contributed by atoms with van der Waals surface area (Å²) < 4.78 is 18.7. The molecule has 1 N–H and O–H groups in total. The van der Waals surface area contributed by atoms with Gasteiger partial charge < -0.3 is 10.1 Å². The first-order valence-electron chi connectivity index (χ1n) is 6.46. The lowest BCUT2D eigenvalue weighted by molar-refractivity contribution is 0.0817. The molecule has 1 aliphatic rings. The molecule has 0 bridgehead atoms. The van der Waals surface area contributed by atoms with Crippen LogP contribution < -0.4 is 5.32 Å². The summed E-state index contributed by atoms with van der Waals surface area (Å²) in [5.41, 5.74) is 3.46. The Bertz CT molecular complexity index is 570. The van der Waals surface area contributed by atoms with E-state index in [0.717, 1.165) is 5.56 Å². The van der Waals surface area contributed by atoms with Crippen molar-refractivity contribution in [3.63, 3.8) is 0 Å². The number of rotatable bonds is 3. The first-order chi connectivity index (χ1) is 9.33. The molecule has 0 spiro atoms. The molecule has 1 atom stereocenters. The van der Waals surface area contributed by atoms with Crippen LogP contribution >= 0.6 is 0 Å². The zero-order chi connectivity index (χ0) is 13.1. The van der Waals surface area contributed by atoms with E-state index < -0.39 is 0 Å². The molecule has 0 aromatic heterocycles. The predicted octanol–water partition coefficient (Wildman–Crippen LogP) is 3.19. The SMILES string of the molecule is Fc1cccc(CNC2COCc3ccccc32)c1. The van der Waals surface area contributed by atoms with E-state index in [1.165, 1.54) is 17.2 Å². The third kappa shape index (κ3) is 2.83. The number of hydrogen-bond acceptors (Lipinski definition) is 2. The molecule has 1 heterocycles. The van der Waals surface area contributed by atoms with E-state index in [2.05, 4.69) is 17.4 Å². The first-order valence-corrected chi connectivity index (χ1v) is 6.46. The third-order valence-corrected chi connectivity index (χ3v) is 3.41. The minimum absolute atomic E-state index is 0.174. The molecule has 19 heavy (non-hydrogen) atoms. The van der Waals surface area contributed by atoms with Gasteiger partial charge in [-0.05, 0) is 28.8 Å². The first kappa shape index (κ1) is 12.3. The van der Waals surface area contributed by atoms with E-state index in [1.807, 2.05) is 18.2 Å². The van der Waals surface area contributed by atoms with Gasteiger partial charge in [0.15, 0.2) is 0 Å².